The minimum atomic E-state index is -0.282. The predicted octanol–water partition coefficient (Wildman–Crippen LogP) is 6.19. The summed E-state index contributed by atoms with van der Waals surface area (Å²) < 4.78 is 2.20. The summed E-state index contributed by atoms with van der Waals surface area (Å²) in [6.45, 7) is 9.07. The molecule has 1 aliphatic heterocycles. The standard InChI is InChI=1S/C32H36N4O/c1-32(2,3)29(35-31(37)27-17-11-10-16-26(27)25-18-19-33-20-25)30-34-28(24-14-8-5-9-15-24)22-36(30)21-23-12-6-4-7-13-23/h4-17,22,25,29,33H,18-21H2,1-3H3,(H,35,37)/t25?,29-/m0/s1. The molecule has 2 N–H and O–H groups in total. The van der Waals surface area contributed by atoms with E-state index in [0.717, 1.165) is 47.7 Å². The Morgan fingerprint density at radius 2 is 1.68 bits per heavy atom. The summed E-state index contributed by atoms with van der Waals surface area (Å²) in [5, 5.41) is 6.83. The maximum absolute atomic E-state index is 13.8. The Morgan fingerprint density at radius 1 is 1.00 bits per heavy atom. The summed E-state index contributed by atoms with van der Waals surface area (Å²) in [7, 11) is 0. The number of imidazole rings is 1. The lowest BCUT2D eigenvalue weighted by molar-refractivity contribution is 0.0894. The van der Waals surface area contributed by atoms with Crippen LogP contribution in [0.25, 0.3) is 11.3 Å². The summed E-state index contributed by atoms with van der Waals surface area (Å²) in [6, 6.07) is 28.4. The van der Waals surface area contributed by atoms with Crippen molar-refractivity contribution in [3.8, 4) is 11.3 Å². The van der Waals surface area contributed by atoms with E-state index in [1.54, 1.807) is 0 Å². The summed E-state index contributed by atoms with van der Waals surface area (Å²) in [6.07, 6.45) is 3.16. The fraction of sp³-hybridized carbons (Fsp3) is 0.312. The van der Waals surface area contributed by atoms with Gasteiger partial charge in [0.15, 0.2) is 0 Å². The van der Waals surface area contributed by atoms with Gasteiger partial charge < -0.3 is 15.2 Å². The molecule has 4 aromatic rings. The van der Waals surface area contributed by atoms with Crippen molar-refractivity contribution in [2.75, 3.05) is 13.1 Å². The van der Waals surface area contributed by atoms with Gasteiger partial charge in [0.1, 0.15) is 5.82 Å². The van der Waals surface area contributed by atoms with E-state index in [1.165, 1.54) is 5.56 Å². The van der Waals surface area contributed by atoms with Gasteiger partial charge in [-0.2, -0.15) is 0 Å². The molecule has 0 bridgehead atoms. The minimum Gasteiger partial charge on any atom is -0.342 e. The summed E-state index contributed by atoms with van der Waals surface area (Å²) >= 11 is 0. The van der Waals surface area contributed by atoms with Gasteiger partial charge in [-0.15, -0.1) is 0 Å². The average Bonchev–Trinajstić information content (AvgIpc) is 3.58. The van der Waals surface area contributed by atoms with Gasteiger partial charge in [-0.05, 0) is 41.5 Å². The van der Waals surface area contributed by atoms with Crippen molar-refractivity contribution in [1.82, 2.24) is 20.2 Å². The summed E-state index contributed by atoms with van der Waals surface area (Å²) in [4.78, 5) is 19.0. The van der Waals surface area contributed by atoms with Crippen LogP contribution in [0.4, 0.5) is 0 Å². The lowest BCUT2D eigenvalue weighted by atomic mass is 9.85. The number of carbonyl (C=O) groups excluding carboxylic acids is 1. The molecule has 1 amide bonds. The van der Waals surface area contributed by atoms with Crippen molar-refractivity contribution in [2.24, 2.45) is 5.41 Å². The van der Waals surface area contributed by atoms with Crippen molar-refractivity contribution >= 4 is 5.91 Å². The quantitative estimate of drug-likeness (QED) is 0.323. The molecule has 0 spiro atoms. The first kappa shape index (κ1) is 25.0. The first-order valence-corrected chi connectivity index (χ1v) is 13.2. The van der Waals surface area contributed by atoms with Crippen LogP contribution in [-0.4, -0.2) is 28.5 Å². The van der Waals surface area contributed by atoms with E-state index in [-0.39, 0.29) is 17.4 Å². The van der Waals surface area contributed by atoms with Gasteiger partial charge in [-0.25, -0.2) is 4.98 Å². The lowest BCUT2D eigenvalue weighted by Gasteiger charge is -2.32. The molecule has 5 rings (SSSR count). The highest BCUT2D eigenvalue weighted by molar-refractivity contribution is 5.96. The monoisotopic (exact) mass is 492 g/mol. The molecule has 1 saturated heterocycles. The molecule has 0 radical (unpaired) electrons. The second kappa shape index (κ2) is 10.7. The Hall–Kier alpha value is -3.70. The zero-order chi connectivity index (χ0) is 25.8. The van der Waals surface area contributed by atoms with Crippen molar-refractivity contribution in [3.05, 3.63) is 114 Å². The first-order chi connectivity index (χ1) is 17.9. The molecule has 2 atom stereocenters. The zero-order valence-corrected chi connectivity index (χ0v) is 21.9. The number of benzene rings is 3. The van der Waals surface area contributed by atoms with E-state index < -0.39 is 0 Å². The number of hydrogen-bond donors (Lipinski definition) is 2. The molecule has 5 nitrogen and oxygen atoms in total. The summed E-state index contributed by atoms with van der Waals surface area (Å²) in [5.41, 5.74) is 4.79. The van der Waals surface area contributed by atoms with Gasteiger partial charge >= 0.3 is 0 Å². The van der Waals surface area contributed by atoms with Crippen LogP contribution in [0.1, 0.15) is 66.5 Å². The van der Waals surface area contributed by atoms with Crippen LogP contribution in [0, 0.1) is 5.41 Å². The predicted molar refractivity (Wildman–Crippen MR) is 150 cm³/mol. The zero-order valence-electron chi connectivity index (χ0n) is 21.9. The molecular formula is C32H36N4O. The molecule has 5 heteroatoms. The fourth-order valence-electron chi connectivity index (χ4n) is 5.17. The van der Waals surface area contributed by atoms with Crippen LogP contribution in [0.2, 0.25) is 0 Å². The van der Waals surface area contributed by atoms with Gasteiger partial charge in [0.05, 0.1) is 11.7 Å². The van der Waals surface area contributed by atoms with Gasteiger partial charge in [-0.1, -0.05) is 99.6 Å². The maximum atomic E-state index is 13.8. The van der Waals surface area contributed by atoms with Crippen molar-refractivity contribution in [2.45, 2.75) is 45.7 Å². The van der Waals surface area contributed by atoms with Crippen LogP contribution in [-0.2, 0) is 6.54 Å². The smallest absolute Gasteiger partial charge is 0.252 e. The van der Waals surface area contributed by atoms with Crippen LogP contribution in [0.3, 0.4) is 0 Å². The van der Waals surface area contributed by atoms with E-state index in [9.17, 15) is 4.79 Å². The first-order valence-electron chi connectivity index (χ1n) is 13.2. The lowest BCUT2D eigenvalue weighted by Crippen LogP contribution is -2.39. The number of nitrogens with one attached hydrogen (secondary N) is 2. The fourth-order valence-corrected chi connectivity index (χ4v) is 5.17. The maximum Gasteiger partial charge on any atom is 0.252 e. The highest BCUT2D eigenvalue weighted by atomic mass is 16.1. The third-order valence-corrected chi connectivity index (χ3v) is 7.18. The van der Waals surface area contributed by atoms with E-state index in [1.807, 2.05) is 42.5 Å². The number of nitrogens with zero attached hydrogens (tertiary/aromatic N) is 2. The van der Waals surface area contributed by atoms with Crippen LogP contribution < -0.4 is 10.6 Å². The average molecular weight is 493 g/mol. The number of hydrogen-bond acceptors (Lipinski definition) is 3. The largest absolute Gasteiger partial charge is 0.342 e. The SMILES string of the molecule is CC(C)(C)[C@@H](NC(=O)c1ccccc1C1CCNC1)c1nc(-c2ccccc2)cn1Cc1ccccc1. The molecule has 1 aliphatic rings. The van der Waals surface area contributed by atoms with Crippen LogP contribution in [0.15, 0.2) is 91.1 Å². The Morgan fingerprint density at radius 3 is 2.35 bits per heavy atom. The molecule has 190 valence electrons. The highest BCUT2D eigenvalue weighted by Gasteiger charge is 2.33. The highest BCUT2D eigenvalue weighted by Crippen LogP contribution is 2.35. The van der Waals surface area contributed by atoms with E-state index in [4.69, 9.17) is 4.98 Å². The third-order valence-electron chi connectivity index (χ3n) is 7.18. The minimum absolute atomic E-state index is 0.0436. The van der Waals surface area contributed by atoms with Gasteiger partial charge in [0.2, 0.25) is 0 Å². The Balaban J connectivity index is 1.53. The number of carbonyl (C=O) groups is 1. The van der Waals surface area contributed by atoms with Crippen LogP contribution >= 0.6 is 0 Å². The second-order valence-corrected chi connectivity index (χ2v) is 11.0. The van der Waals surface area contributed by atoms with Crippen molar-refractivity contribution in [3.63, 3.8) is 0 Å². The number of aromatic nitrogens is 2. The Kier molecular flexibility index (Phi) is 7.24. The van der Waals surface area contributed by atoms with Gasteiger partial charge in [0, 0.05) is 30.4 Å². The molecule has 2 heterocycles. The van der Waals surface area contributed by atoms with Gasteiger partial charge in [-0.3, -0.25) is 4.79 Å². The molecule has 37 heavy (non-hydrogen) atoms. The second-order valence-electron chi connectivity index (χ2n) is 11.0. The third kappa shape index (κ3) is 5.67. The topological polar surface area (TPSA) is 59.0 Å². The molecule has 0 aliphatic carbocycles. The van der Waals surface area contributed by atoms with E-state index >= 15 is 0 Å². The van der Waals surface area contributed by atoms with E-state index in [0.29, 0.717) is 12.5 Å². The Bertz CT molecular complexity index is 1330. The van der Waals surface area contributed by atoms with Crippen molar-refractivity contribution in [1.29, 1.82) is 0 Å². The molecule has 1 fully saturated rings. The normalized spacial score (nSPS) is 16.5. The van der Waals surface area contributed by atoms with E-state index in [2.05, 4.69) is 84.6 Å². The Labute approximate surface area is 220 Å². The molecular weight excluding hydrogens is 456 g/mol. The number of rotatable bonds is 7. The number of amides is 1. The molecule has 3 aromatic carbocycles. The van der Waals surface area contributed by atoms with Crippen LogP contribution in [0.5, 0.6) is 0 Å². The molecule has 1 unspecified atom stereocenters. The van der Waals surface area contributed by atoms with Gasteiger partial charge in [0.25, 0.3) is 5.91 Å². The molecule has 1 aromatic heterocycles. The van der Waals surface area contributed by atoms with Crippen molar-refractivity contribution < 1.29 is 4.79 Å². The summed E-state index contributed by atoms with van der Waals surface area (Å²) in [5.74, 6) is 1.18. The molecule has 0 saturated carbocycles.